The Morgan fingerprint density at radius 1 is 1.00 bits per heavy atom. The number of thioether (sulfide) groups is 1. The van der Waals surface area contributed by atoms with Crippen LogP contribution in [-0.2, 0) is 6.54 Å². The first kappa shape index (κ1) is 16.1. The van der Waals surface area contributed by atoms with Crippen molar-refractivity contribution in [1.82, 2.24) is 4.90 Å². The number of carbonyl (C=O) groups is 1. The number of hydrogen-bond acceptors (Lipinski definition) is 4. The second-order valence-corrected chi connectivity index (χ2v) is 6.61. The maximum atomic E-state index is 11.5. The van der Waals surface area contributed by atoms with Gasteiger partial charge in [-0.1, -0.05) is 36.4 Å². The predicted octanol–water partition coefficient (Wildman–Crippen LogP) is 3.54. The molecule has 0 aliphatic carbocycles. The summed E-state index contributed by atoms with van der Waals surface area (Å²) in [4.78, 5) is 17.4. The van der Waals surface area contributed by atoms with Crippen LogP contribution in [0.25, 0.3) is 0 Å². The van der Waals surface area contributed by atoms with Crippen molar-refractivity contribution in [2.24, 2.45) is 0 Å². The van der Waals surface area contributed by atoms with Crippen LogP contribution in [0, 0.1) is 0 Å². The van der Waals surface area contributed by atoms with Crippen molar-refractivity contribution in [3.05, 3.63) is 59.7 Å². The van der Waals surface area contributed by atoms with Crippen LogP contribution in [0.5, 0.6) is 0 Å². The molecule has 0 N–H and O–H groups in total. The SMILES string of the molecule is CSc1cccc(N2CCN(Cc3ccccc3)CC2)c1C=O. The summed E-state index contributed by atoms with van der Waals surface area (Å²) in [5.41, 5.74) is 3.27. The molecule has 0 amide bonds. The van der Waals surface area contributed by atoms with Crippen molar-refractivity contribution in [3.63, 3.8) is 0 Å². The molecule has 23 heavy (non-hydrogen) atoms. The Hall–Kier alpha value is -1.78. The highest BCUT2D eigenvalue weighted by Crippen LogP contribution is 2.29. The lowest BCUT2D eigenvalue weighted by Crippen LogP contribution is -2.46. The van der Waals surface area contributed by atoms with Gasteiger partial charge in [0.15, 0.2) is 6.29 Å². The minimum Gasteiger partial charge on any atom is -0.368 e. The van der Waals surface area contributed by atoms with E-state index in [2.05, 4.69) is 46.2 Å². The third-order valence-electron chi connectivity index (χ3n) is 4.34. The van der Waals surface area contributed by atoms with Crippen LogP contribution in [0.3, 0.4) is 0 Å². The molecular formula is C19H22N2OS. The number of piperazine rings is 1. The van der Waals surface area contributed by atoms with E-state index in [1.165, 1.54) is 5.56 Å². The summed E-state index contributed by atoms with van der Waals surface area (Å²) in [6, 6.07) is 16.7. The Morgan fingerprint density at radius 2 is 1.74 bits per heavy atom. The highest BCUT2D eigenvalue weighted by atomic mass is 32.2. The van der Waals surface area contributed by atoms with Crippen LogP contribution < -0.4 is 4.90 Å². The lowest BCUT2D eigenvalue weighted by molar-refractivity contribution is 0.112. The fourth-order valence-electron chi connectivity index (χ4n) is 3.09. The molecule has 1 heterocycles. The number of anilines is 1. The van der Waals surface area contributed by atoms with Gasteiger partial charge in [-0.05, 0) is 24.0 Å². The van der Waals surface area contributed by atoms with E-state index in [1.54, 1.807) is 11.8 Å². The zero-order valence-electron chi connectivity index (χ0n) is 13.4. The number of rotatable bonds is 5. The third kappa shape index (κ3) is 3.77. The van der Waals surface area contributed by atoms with E-state index in [0.717, 1.165) is 55.2 Å². The summed E-state index contributed by atoms with van der Waals surface area (Å²) >= 11 is 1.63. The molecule has 0 saturated carbocycles. The van der Waals surface area contributed by atoms with Gasteiger partial charge in [-0.2, -0.15) is 0 Å². The van der Waals surface area contributed by atoms with Crippen molar-refractivity contribution < 1.29 is 4.79 Å². The van der Waals surface area contributed by atoms with Gasteiger partial charge in [0.05, 0.1) is 5.56 Å². The molecule has 1 saturated heterocycles. The van der Waals surface area contributed by atoms with Gasteiger partial charge in [0.25, 0.3) is 0 Å². The lowest BCUT2D eigenvalue weighted by Gasteiger charge is -2.36. The largest absolute Gasteiger partial charge is 0.368 e. The Balaban J connectivity index is 1.66. The van der Waals surface area contributed by atoms with E-state index in [0.29, 0.717) is 0 Å². The standard InChI is InChI=1S/C19H22N2OS/c1-23-19-9-5-8-18(17(19)15-22)21-12-10-20(11-13-21)14-16-6-3-2-4-7-16/h2-9,15H,10-14H2,1H3. The van der Waals surface area contributed by atoms with Crippen LogP contribution in [0.1, 0.15) is 15.9 Å². The van der Waals surface area contributed by atoms with Crippen LogP contribution in [0.15, 0.2) is 53.4 Å². The van der Waals surface area contributed by atoms with E-state index in [9.17, 15) is 4.79 Å². The number of aldehydes is 1. The van der Waals surface area contributed by atoms with Crippen LogP contribution in [0.2, 0.25) is 0 Å². The Bertz CT molecular complexity index is 652. The van der Waals surface area contributed by atoms with Gasteiger partial charge in [0.2, 0.25) is 0 Å². The molecule has 0 atom stereocenters. The number of carbonyl (C=O) groups excluding carboxylic acids is 1. The fourth-order valence-corrected chi connectivity index (χ4v) is 3.68. The van der Waals surface area contributed by atoms with Gasteiger partial charge in [-0.15, -0.1) is 11.8 Å². The first-order valence-electron chi connectivity index (χ1n) is 7.95. The van der Waals surface area contributed by atoms with Gasteiger partial charge < -0.3 is 4.90 Å². The summed E-state index contributed by atoms with van der Waals surface area (Å²) in [5, 5.41) is 0. The molecule has 0 spiro atoms. The molecule has 1 aliphatic rings. The number of benzene rings is 2. The van der Waals surface area contributed by atoms with Crippen molar-refractivity contribution in [2.75, 3.05) is 37.3 Å². The van der Waals surface area contributed by atoms with Crippen molar-refractivity contribution in [3.8, 4) is 0 Å². The Kier molecular flexibility index (Phi) is 5.36. The zero-order chi connectivity index (χ0) is 16.1. The van der Waals surface area contributed by atoms with Gasteiger partial charge in [-0.25, -0.2) is 0 Å². The molecular weight excluding hydrogens is 304 g/mol. The topological polar surface area (TPSA) is 23.6 Å². The molecule has 3 rings (SSSR count). The maximum Gasteiger partial charge on any atom is 0.153 e. The first-order valence-corrected chi connectivity index (χ1v) is 9.17. The monoisotopic (exact) mass is 326 g/mol. The van der Waals surface area contributed by atoms with Crippen molar-refractivity contribution >= 4 is 23.7 Å². The van der Waals surface area contributed by atoms with E-state index in [4.69, 9.17) is 0 Å². The summed E-state index contributed by atoms with van der Waals surface area (Å²) in [6.45, 7) is 4.98. The minimum absolute atomic E-state index is 0.830. The summed E-state index contributed by atoms with van der Waals surface area (Å²) in [5.74, 6) is 0. The molecule has 0 bridgehead atoms. The molecule has 1 fully saturated rings. The highest BCUT2D eigenvalue weighted by molar-refractivity contribution is 7.98. The molecule has 0 aromatic heterocycles. The van der Waals surface area contributed by atoms with Crippen molar-refractivity contribution in [2.45, 2.75) is 11.4 Å². The van der Waals surface area contributed by atoms with E-state index >= 15 is 0 Å². The van der Waals surface area contributed by atoms with Gasteiger partial charge in [0.1, 0.15) is 0 Å². The van der Waals surface area contributed by atoms with E-state index < -0.39 is 0 Å². The molecule has 0 radical (unpaired) electrons. The normalized spacial score (nSPS) is 15.6. The molecule has 120 valence electrons. The van der Waals surface area contributed by atoms with Crippen molar-refractivity contribution in [1.29, 1.82) is 0 Å². The Labute approximate surface area is 142 Å². The highest BCUT2D eigenvalue weighted by Gasteiger charge is 2.20. The summed E-state index contributed by atoms with van der Waals surface area (Å²) in [7, 11) is 0. The number of nitrogens with zero attached hydrogens (tertiary/aromatic N) is 2. The van der Waals surface area contributed by atoms with Gasteiger partial charge in [0, 0.05) is 43.3 Å². The smallest absolute Gasteiger partial charge is 0.153 e. The third-order valence-corrected chi connectivity index (χ3v) is 5.14. The Morgan fingerprint density at radius 3 is 2.39 bits per heavy atom. The molecule has 2 aromatic rings. The summed E-state index contributed by atoms with van der Waals surface area (Å²) in [6.07, 6.45) is 3.02. The zero-order valence-corrected chi connectivity index (χ0v) is 14.3. The molecule has 2 aromatic carbocycles. The predicted molar refractivity (Wildman–Crippen MR) is 97.5 cm³/mol. The van der Waals surface area contributed by atoms with E-state index in [-0.39, 0.29) is 0 Å². The van der Waals surface area contributed by atoms with Crippen LogP contribution in [-0.4, -0.2) is 43.6 Å². The molecule has 0 unspecified atom stereocenters. The number of hydrogen-bond donors (Lipinski definition) is 0. The van der Waals surface area contributed by atoms with Gasteiger partial charge in [-0.3, -0.25) is 9.69 Å². The van der Waals surface area contributed by atoms with Gasteiger partial charge >= 0.3 is 0 Å². The fraction of sp³-hybridized carbons (Fsp3) is 0.316. The quantitative estimate of drug-likeness (QED) is 0.619. The second kappa shape index (κ2) is 7.66. The minimum atomic E-state index is 0.830. The van der Waals surface area contributed by atoms with Crippen LogP contribution >= 0.6 is 11.8 Å². The average molecular weight is 326 g/mol. The second-order valence-electron chi connectivity index (χ2n) is 5.76. The maximum absolute atomic E-state index is 11.5. The van der Waals surface area contributed by atoms with E-state index in [1.807, 2.05) is 18.4 Å². The molecule has 3 nitrogen and oxygen atoms in total. The summed E-state index contributed by atoms with van der Waals surface area (Å²) < 4.78 is 0. The average Bonchev–Trinajstić information content (AvgIpc) is 2.62. The molecule has 1 aliphatic heterocycles. The first-order chi connectivity index (χ1) is 11.3. The lowest BCUT2D eigenvalue weighted by atomic mass is 10.1. The molecule has 4 heteroatoms. The van der Waals surface area contributed by atoms with Crippen LogP contribution in [0.4, 0.5) is 5.69 Å².